The fourth-order valence-electron chi connectivity index (χ4n) is 4.51. The molecule has 4 aromatic carbocycles. The van der Waals surface area contributed by atoms with Crippen molar-refractivity contribution in [1.29, 1.82) is 5.26 Å². The molecule has 0 radical (unpaired) electrons. The molecule has 0 saturated heterocycles. The molecule has 0 aromatic heterocycles. The summed E-state index contributed by atoms with van der Waals surface area (Å²) < 4.78 is 67.7. The maximum Gasteiger partial charge on any atom is 0.416 e. The number of hydrogen-bond donors (Lipinski definition) is 2. The smallest absolute Gasteiger partial charge is 0.341 e. The summed E-state index contributed by atoms with van der Waals surface area (Å²) in [5.74, 6) is -3.63. The minimum Gasteiger partial charge on any atom is -0.341 e. The average molecular weight is 542 g/mol. The van der Waals surface area contributed by atoms with Crippen LogP contribution in [0.3, 0.4) is 0 Å². The van der Waals surface area contributed by atoms with Crippen LogP contribution in [-0.2, 0) is 6.18 Å². The van der Waals surface area contributed by atoms with Gasteiger partial charge in [-0.15, -0.1) is 0 Å². The maximum atomic E-state index is 14.1. The number of nitriles is 1. The molecule has 0 fully saturated rings. The standard InChI is InChI=1S/C27H13ClF5N3O2/c28-20-5-4-15(29)9-19(20)24-23-21(35-25(37)13-6-14(27(31,32)33)8-16(30)7-13)10-18-12(11-34)2-1-3-17(18)22(23)26(38)36-24/h1-10,24H,(H,35,37)(H,36,38). The predicted molar refractivity (Wildman–Crippen MR) is 129 cm³/mol. The van der Waals surface area contributed by atoms with Crippen molar-refractivity contribution < 1.29 is 31.5 Å². The molecule has 2 amide bonds. The van der Waals surface area contributed by atoms with Gasteiger partial charge in [0.05, 0.1) is 28.8 Å². The number of fused-ring (bicyclic) bond motifs is 3. The van der Waals surface area contributed by atoms with E-state index in [0.29, 0.717) is 17.5 Å². The van der Waals surface area contributed by atoms with Crippen molar-refractivity contribution in [3.05, 3.63) is 111 Å². The lowest BCUT2D eigenvalue weighted by Crippen LogP contribution is -2.21. The molecule has 1 heterocycles. The van der Waals surface area contributed by atoms with Crippen LogP contribution in [0.25, 0.3) is 10.8 Å². The first-order chi connectivity index (χ1) is 18.0. The van der Waals surface area contributed by atoms with Gasteiger partial charge >= 0.3 is 6.18 Å². The van der Waals surface area contributed by atoms with Gasteiger partial charge in [0.1, 0.15) is 11.6 Å². The number of anilines is 1. The first kappa shape index (κ1) is 25.2. The fourth-order valence-corrected chi connectivity index (χ4v) is 4.74. The average Bonchev–Trinajstić information content (AvgIpc) is 3.21. The summed E-state index contributed by atoms with van der Waals surface area (Å²) in [7, 11) is 0. The highest BCUT2D eigenvalue weighted by molar-refractivity contribution is 6.31. The quantitative estimate of drug-likeness (QED) is 0.282. The molecule has 5 nitrogen and oxygen atoms in total. The molecule has 0 bridgehead atoms. The van der Waals surface area contributed by atoms with Crippen LogP contribution >= 0.6 is 11.6 Å². The van der Waals surface area contributed by atoms with Gasteiger partial charge < -0.3 is 10.6 Å². The largest absolute Gasteiger partial charge is 0.416 e. The molecular formula is C27H13ClF5N3O2. The molecule has 0 spiro atoms. The molecule has 1 unspecified atom stereocenters. The topological polar surface area (TPSA) is 82.0 Å². The second-order valence-electron chi connectivity index (χ2n) is 8.48. The number of rotatable bonds is 3. The fraction of sp³-hybridized carbons (Fsp3) is 0.0741. The number of benzene rings is 4. The lowest BCUT2D eigenvalue weighted by molar-refractivity contribution is -0.137. The SMILES string of the molecule is N#Cc1cccc2c3c(c(NC(=O)c4cc(F)cc(C(F)(F)F)c4)cc12)C(c1cc(F)ccc1Cl)NC3=O. The number of alkyl halides is 3. The van der Waals surface area contributed by atoms with Crippen molar-refractivity contribution in [1.82, 2.24) is 5.32 Å². The molecule has 4 aromatic rings. The Kier molecular flexibility index (Phi) is 6.04. The number of hydrogen-bond acceptors (Lipinski definition) is 3. The summed E-state index contributed by atoms with van der Waals surface area (Å²) in [5, 5.41) is 15.5. The Balaban J connectivity index is 1.72. The molecular weight excluding hydrogens is 529 g/mol. The minimum atomic E-state index is -4.90. The van der Waals surface area contributed by atoms with Gasteiger partial charge in [0, 0.05) is 32.8 Å². The summed E-state index contributed by atoms with van der Waals surface area (Å²) in [6.07, 6.45) is -4.90. The molecule has 190 valence electrons. The second kappa shape index (κ2) is 9.11. The van der Waals surface area contributed by atoms with Gasteiger partial charge in [0.15, 0.2) is 0 Å². The number of amides is 2. The second-order valence-corrected chi connectivity index (χ2v) is 8.89. The summed E-state index contributed by atoms with van der Waals surface area (Å²) in [5.41, 5.74) is -1.50. The van der Waals surface area contributed by atoms with E-state index in [1.54, 1.807) is 12.1 Å². The molecule has 1 aliphatic heterocycles. The molecule has 0 saturated carbocycles. The Bertz CT molecular complexity index is 1710. The monoisotopic (exact) mass is 541 g/mol. The van der Waals surface area contributed by atoms with Crippen molar-refractivity contribution in [3.8, 4) is 6.07 Å². The third-order valence-electron chi connectivity index (χ3n) is 6.14. The van der Waals surface area contributed by atoms with Crippen LogP contribution in [0.5, 0.6) is 0 Å². The van der Waals surface area contributed by atoms with Gasteiger partial charge in [-0.25, -0.2) is 8.78 Å². The highest BCUT2D eigenvalue weighted by atomic mass is 35.5. The Morgan fingerprint density at radius 2 is 1.76 bits per heavy atom. The van der Waals surface area contributed by atoms with E-state index < -0.39 is 46.8 Å². The van der Waals surface area contributed by atoms with E-state index in [0.717, 1.165) is 12.1 Å². The zero-order chi connectivity index (χ0) is 27.4. The van der Waals surface area contributed by atoms with Crippen LogP contribution in [0.4, 0.5) is 27.6 Å². The highest BCUT2D eigenvalue weighted by Crippen LogP contribution is 2.43. The van der Waals surface area contributed by atoms with Crippen LogP contribution in [0.15, 0.2) is 60.7 Å². The van der Waals surface area contributed by atoms with E-state index in [2.05, 4.69) is 10.6 Å². The van der Waals surface area contributed by atoms with Crippen molar-refractivity contribution >= 4 is 39.9 Å². The van der Waals surface area contributed by atoms with Gasteiger partial charge in [0.2, 0.25) is 0 Å². The lowest BCUT2D eigenvalue weighted by atomic mass is 9.91. The Morgan fingerprint density at radius 1 is 1.00 bits per heavy atom. The number of nitrogens with one attached hydrogen (secondary N) is 2. The molecule has 1 atom stereocenters. The van der Waals surface area contributed by atoms with Crippen LogP contribution in [0.1, 0.15) is 49.0 Å². The van der Waals surface area contributed by atoms with E-state index in [-0.39, 0.29) is 44.4 Å². The number of halogens is 6. The third kappa shape index (κ3) is 4.31. The summed E-state index contributed by atoms with van der Waals surface area (Å²) in [6, 6.07) is 11.8. The van der Waals surface area contributed by atoms with Gasteiger partial charge in [-0.1, -0.05) is 23.7 Å². The molecule has 0 aliphatic carbocycles. The zero-order valence-electron chi connectivity index (χ0n) is 18.9. The van der Waals surface area contributed by atoms with E-state index in [1.165, 1.54) is 18.2 Å². The molecule has 2 N–H and O–H groups in total. The van der Waals surface area contributed by atoms with Crippen LogP contribution in [0.2, 0.25) is 5.02 Å². The summed E-state index contributed by atoms with van der Waals surface area (Å²) in [6.45, 7) is 0. The number of carbonyl (C=O) groups excluding carboxylic acids is 2. The van der Waals surface area contributed by atoms with Gasteiger partial charge in [-0.05, 0) is 53.9 Å². The van der Waals surface area contributed by atoms with E-state index in [1.807, 2.05) is 6.07 Å². The first-order valence-electron chi connectivity index (χ1n) is 10.9. The molecule has 11 heteroatoms. The van der Waals surface area contributed by atoms with Crippen molar-refractivity contribution in [2.75, 3.05) is 5.32 Å². The van der Waals surface area contributed by atoms with Crippen LogP contribution in [0, 0.1) is 23.0 Å². The maximum absolute atomic E-state index is 14.1. The van der Waals surface area contributed by atoms with Gasteiger partial charge in [0.25, 0.3) is 11.8 Å². The predicted octanol–water partition coefficient (Wildman–Crippen LogP) is 6.75. The minimum absolute atomic E-state index is 0.0540. The van der Waals surface area contributed by atoms with Crippen LogP contribution in [-0.4, -0.2) is 11.8 Å². The Labute approximate surface area is 216 Å². The number of nitrogens with zero attached hydrogens (tertiary/aromatic N) is 1. The first-order valence-corrected chi connectivity index (χ1v) is 11.3. The zero-order valence-corrected chi connectivity index (χ0v) is 19.6. The highest BCUT2D eigenvalue weighted by Gasteiger charge is 2.37. The Hall–Kier alpha value is -4.49. The number of carbonyl (C=O) groups is 2. The normalized spacial score (nSPS) is 14.7. The summed E-state index contributed by atoms with van der Waals surface area (Å²) in [4.78, 5) is 26.2. The van der Waals surface area contributed by atoms with Crippen LogP contribution < -0.4 is 10.6 Å². The van der Waals surface area contributed by atoms with Crippen molar-refractivity contribution in [2.24, 2.45) is 0 Å². The lowest BCUT2D eigenvalue weighted by Gasteiger charge is -2.19. The Morgan fingerprint density at radius 3 is 2.47 bits per heavy atom. The van der Waals surface area contributed by atoms with Crippen molar-refractivity contribution in [3.63, 3.8) is 0 Å². The summed E-state index contributed by atoms with van der Waals surface area (Å²) >= 11 is 6.29. The van der Waals surface area contributed by atoms with Gasteiger partial charge in [-0.2, -0.15) is 18.4 Å². The van der Waals surface area contributed by atoms with E-state index in [4.69, 9.17) is 11.6 Å². The third-order valence-corrected chi connectivity index (χ3v) is 6.48. The molecule has 5 rings (SSSR count). The molecule has 38 heavy (non-hydrogen) atoms. The van der Waals surface area contributed by atoms with E-state index in [9.17, 15) is 36.8 Å². The van der Waals surface area contributed by atoms with Gasteiger partial charge in [-0.3, -0.25) is 9.59 Å². The van der Waals surface area contributed by atoms with E-state index >= 15 is 0 Å². The molecule has 1 aliphatic rings. The van der Waals surface area contributed by atoms with Crippen molar-refractivity contribution in [2.45, 2.75) is 12.2 Å².